The summed E-state index contributed by atoms with van der Waals surface area (Å²) < 4.78 is -0.161. The van der Waals surface area contributed by atoms with Crippen LogP contribution in [0.5, 0.6) is 0 Å². The van der Waals surface area contributed by atoms with E-state index in [0.717, 1.165) is 0 Å². The SMILES string of the molecule is CC(C)C1=CC=C[C]1([Ti+3])C(c1ccccc1)(c1ccccc1)c1ccccc1.[Cl-].[Cl-].[Cl-]. The van der Waals surface area contributed by atoms with Crippen molar-refractivity contribution >= 4 is 0 Å². The van der Waals surface area contributed by atoms with Gasteiger partial charge in [0.15, 0.2) is 0 Å². The Kier molecular flexibility index (Phi) is 10.3. The molecule has 0 bridgehead atoms. The van der Waals surface area contributed by atoms with Crippen LogP contribution >= 0.6 is 0 Å². The second kappa shape index (κ2) is 11.5. The molecule has 0 nitrogen and oxygen atoms in total. The Morgan fingerprint density at radius 3 is 1.32 bits per heavy atom. The average Bonchev–Trinajstić information content (AvgIpc) is 3.14. The number of allylic oxidation sites excluding steroid dienone is 4. The third kappa shape index (κ3) is 4.61. The quantitative estimate of drug-likeness (QED) is 0.276. The van der Waals surface area contributed by atoms with E-state index in [-0.39, 0.29) is 46.4 Å². The summed E-state index contributed by atoms with van der Waals surface area (Å²) in [5, 5.41) is 0. The Bertz CT molecular complexity index is 902. The molecule has 0 amide bonds. The fourth-order valence-electron chi connectivity index (χ4n) is 4.76. The van der Waals surface area contributed by atoms with Gasteiger partial charge in [-0.2, -0.15) is 0 Å². The molecule has 0 spiro atoms. The zero-order chi connectivity index (χ0) is 19.6. The first-order valence-corrected chi connectivity index (χ1v) is 10.7. The molecule has 4 heteroatoms. The molecule has 0 saturated carbocycles. The zero-order valence-corrected chi connectivity index (χ0v) is 21.4. The van der Waals surface area contributed by atoms with Gasteiger partial charge in [0.25, 0.3) is 0 Å². The number of rotatable bonds is 5. The number of hydrogen-bond acceptors (Lipinski definition) is 0. The van der Waals surface area contributed by atoms with E-state index in [0.29, 0.717) is 5.92 Å². The second-order valence-electron chi connectivity index (χ2n) is 7.79. The van der Waals surface area contributed by atoms with E-state index < -0.39 is 0 Å². The topological polar surface area (TPSA) is 0 Å². The molecule has 31 heavy (non-hydrogen) atoms. The van der Waals surface area contributed by atoms with Crippen LogP contribution in [0.15, 0.2) is 115 Å². The first-order chi connectivity index (χ1) is 13.6. The molecule has 3 aromatic rings. The smallest absolute Gasteiger partial charge is 1.00 e. The predicted molar refractivity (Wildman–Crippen MR) is 114 cm³/mol. The fourth-order valence-corrected chi connectivity index (χ4v) is 6.17. The van der Waals surface area contributed by atoms with Gasteiger partial charge < -0.3 is 37.2 Å². The summed E-state index contributed by atoms with van der Waals surface area (Å²) in [5.74, 6) is 0.468. The summed E-state index contributed by atoms with van der Waals surface area (Å²) in [7, 11) is 0. The van der Waals surface area contributed by atoms with Gasteiger partial charge in [0.05, 0.1) is 0 Å². The van der Waals surface area contributed by atoms with E-state index in [2.05, 4.69) is 144 Å². The van der Waals surface area contributed by atoms with Gasteiger partial charge in [-0.3, -0.25) is 0 Å². The van der Waals surface area contributed by atoms with Gasteiger partial charge in [-0.1, -0.05) is 0 Å². The summed E-state index contributed by atoms with van der Waals surface area (Å²) in [5.41, 5.74) is 5.15. The minimum Gasteiger partial charge on any atom is -1.00 e. The van der Waals surface area contributed by atoms with Gasteiger partial charge in [-0.25, -0.2) is 0 Å². The van der Waals surface area contributed by atoms with Crippen molar-refractivity contribution in [3.63, 3.8) is 0 Å². The molecule has 1 unspecified atom stereocenters. The monoisotopic (exact) mass is 502 g/mol. The molecule has 0 N–H and O–H groups in total. The Morgan fingerprint density at radius 1 is 0.645 bits per heavy atom. The Labute approximate surface area is 216 Å². The van der Waals surface area contributed by atoms with Crippen LogP contribution in [0.25, 0.3) is 0 Å². The van der Waals surface area contributed by atoms with Gasteiger partial charge in [-0.15, -0.1) is 0 Å². The third-order valence-electron chi connectivity index (χ3n) is 5.91. The van der Waals surface area contributed by atoms with E-state index >= 15 is 0 Å². The number of benzene rings is 3. The van der Waals surface area contributed by atoms with Crippen LogP contribution in [-0.4, -0.2) is 0 Å². The van der Waals surface area contributed by atoms with Crippen LogP contribution in [0, 0.1) is 5.92 Å². The molecule has 158 valence electrons. The van der Waals surface area contributed by atoms with Crippen LogP contribution in [0.3, 0.4) is 0 Å². The van der Waals surface area contributed by atoms with Gasteiger partial charge in [0.1, 0.15) is 0 Å². The van der Waals surface area contributed by atoms with Crippen molar-refractivity contribution in [2.45, 2.75) is 23.0 Å². The van der Waals surface area contributed by atoms with Crippen molar-refractivity contribution in [1.82, 2.24) is 0 Å². The van der Waals surface area contributed by atoms with Crippen molar-refractivity contribution in [1.29, 1.82) is 0 Å². The molecule has 0 aliphatic heterocycles. The third-order valence-corrected chi connectivity index (χ3v) is 7.21. The van der Waals surface area contributed by atoms with Gasteiger partial charge in [-0.05, 0) is 0 Å². The molecule has 0 heterocycles. The molecule has 1 atom stereocenters. The van der Waals surface area contributed by atoms with E-state index in [1.807, 2.05) is 0 Å². The molecule has 0 fully saturated rings. The maximum Gasteiger partial charge on any atom is -1.00 e. The molecule has 3 aromatic carbocycles. The van der Waals surface area contributed by atoms with Crippen molar-refractivity contribution in [2.24, 2.45) is 5.92 Å². The number of hydrogen-bond donors (Lipinski definition) is 0. The Balaban J connectivity index is 0.00000160. The van der Waals surface area contributed by atoms with Crippen LogP contribution in [0.4, 0.5) is 0 Å². The predicted octanol–water partition coefficient (Wildman–Crippen LogP) is -2.11. The maximum atomic E-state index is 2.41. The van der Waals surface area contributed by atoms with Crippen LogP contribution < -0.4 is 37.2 Å². The molecule has 0 saturated heterocycles. The van der Waals surface area contributed by atoms with Crippen molar-refractivity contribution in [3.8, 4) is 0 Å². The van der Waals surface area contributed by atoms with Gasteiger partial charge in [0.2, 0.25) is 0 Å². The standard InChI is InChI=1S/C27H25.3ClH.Ti/c1-21(2)25-19-12-20-26(25)27(22-13-6-3-7-14-22,23-15-8-4-9-16-23)24-17-10-5-11-18-24;;;;/h3-21H,1-2H3;3*1H;/q;;;;+3/p-3. The van der Waals surface area contributed by atoms with Crippen molar-refractivity contribution < 1.29 is 57.7 Å². The summed E-state index contributed by atoms with van der Waals surface area (Å²) in [6.07, 6.45) is 6.99. The first kappa shape index (κ1) is 27.8. The second-order valence-corrected chi connectivity index (χ2v) is 9.02. The van der Waals surface area contributed by atoms with E-state index in [1.54, 1.807) is 0 Å². The molecule has 0 radical (unpaired) electrons. The van der Waals surface area contributed by atoms with Gasteiger partial charge in [0, 0.05) is 0 Å². The molecule has 1 aliphatic rings. The Hall–Kier alpha value is -1.28. The zero-order valence-electron chi connectivity index (χ0n) is 17.6. The minimum absolute atomic E-state index is 0. The normalized spacial score (nSPS) is 17.3. The fraction of sp³-hybridized carbons (Fsp3) is 0.185. The van der Waals surface area contributed by atoms with E-state index in [4.69, 9.17) is 0 Å². The summed E-state index contributed by atoms with van der Waals surface area (Å²) in [4.78, 5) is 0. The average molecular weight is 504 g/mol. The largest absolute Gasteiger partial charge is 1.00 e. The van der Waals surface area contributed by atoms with Crippen molar-refractivity contribution in [3.05, 3.63) is 131 Å². The van der Waals surface area contributed by atoms with Crippen LogP contribution in [0.1, 0.15) is 30.5 Å². The van der Waals surface area contributed by atoms with Crippen molar-refractivity contribution in [2.75, 3.05) is 0 Å². The summed E-state index contributed by atoms with van der Waals surface area (Å²) in [6.45, 7) is 4.62. The van der Waals surface area contributed by atoms with Gasteiger partial charge >= 0.3 is 181 Å². The van der Waals surface area contributed by atoms with E-state index in [9.17, 15) is 0 Å². The summed E-state index contributed by atoms with van der Waals surface area (Å²) >= 11 is 2.41. The number of halogens is 3. The molecular weight excluding hydrogens is 479 g/mol. The molecule has 1 aliphatic carbocycles. The maximum absolute atomic E-state index is 2.41. The minimum atomic E-state index is -0.306. The van der Waals surface area contributed by atoms with Crippen LogP contribution in [-0.2, 0) is 25.9 Å². The first-order valence-electron chi connectivity index (χ1n) is 9.92. The summed E-state index contributed by atoms with van der Waals surface area (Å²) in [6, 6.07) is 33.0. The van der Waals surface area contributed by atoms with Crippen LogP contribution in [0.2, 0.25) is 3.72 Å². The molecule has 4 rings (SSSR count). The van der Waals surface area contributed by atoms with E-state index in [1.165, 1.54) is 22.3 Å². The molecular formula is C27H25Cl3Ti. The molecule has 0 aromatic heterocycles. The Morgan fingerprint density at radius 2 is 1.00 bits per heavy atom.